The molecule has 0 aliphatic rings. The van der Waals surface area contributed by atoms with Gasteiger partial charge in [0.2, 0.25) is 0 Å². The molecular weight excluding hydrogens is 368 g/mol. The molecule has 3 nitrogen and oxygen atoms in total. The van der Waals surface area contributed by atoms with Gasteiger partial charge in [0.05, 0.1) is 19.1 Å². The van der Waals surface area contributed by atoms with Crippen molar-refractivity contribution in [2.24, 2.45) is 0 Å². The number of aromatic nitrogens is 2. The molecule has 0 saturated carbocycles. The lowest BCUT2D eigenvalue weighted by molar-refractivity contribution is 0.416. The summed E-state index contributed by atoms with van der Waals surface area (Å²) in [4.78, 5) is 4.79. The first-order chi connectivity index (χ1) is 14.8. The molecule has 0 spiro atoms. The van der Waals surface area contributed by atoms with Gasteiger partial charge in [-0.25, -0.2) is 4.98 Å². The van der Waals surface area contributed by atoms with Crippen molar-refractivity contribution >= 4 is 0 Å². The Labute approximate surface area is 179 Å². The van der Waals surface area contributed by atoms with Gasteiger partial charge in [-0.3, -0.25) is 0 Å². The second-order valence-electron chi connectivity index (χ2n) is 7.53. The van der Waals surface area contributed by atoms with Gasteiger partial charge in [0.15, 0.2) is 0 Å². The maximum atomic E-state index is 5.59. The zero-order valence-corrected chi connectivity index (χ0v) is 17.7. The summed E-state index contributed by atoms with van der Waals surface area (Å²) in [7, 11) is 1.72. The number of unbranched alkanes of at least 4 members (excludes halogenated alkanes) is 1. The van der Waals surface area contributed by atoms with E-state index in [1.54, 1.807) is 7.11 Å². The van der Waals surface area contributed by atoms with Crippen LogP contribution in [-0.4, -0.2) is 16.7 Å². The summed E-state index contributed by atoms with van der Waals surface area (Å²) in [5, 5.41) is 0. The van der Waals surface area contributed by atoms with Crippen LogP contribution >= 0.6 is 0 Å². The van der Waals surface area contributed by atoms with E-state index in [9.17, 15) is 0 Å². The van der Waals surface area contributed by atoms with Crippen molar-refractivity contribution in [2.75, 3.05) is 7.11 Å². The molecular formula is C27H28N2O. The highest BCUT2D eigenvalue weighted by Crippen LogP contribution is 2.32. The third-order valence-electron chi connectivity index (χ3n) is 5.49. The van der Waals surface area contributed by atoms with Gasteiger partial charge in [0, 0.05) is 17.8 Å². The van der Waals surface area contributed by atoms with Crippen LogP contribution in [-0.2, 0) is 13.0 Å². The lowest BCUT2D eigenvalue weighted by atomic mass is 10.0. The summed E-state index contributed by atoms with van der Waals surface area (Å²) in [6, 6.07) is 27.5. The van der Waals surface area contributed by atoms with Crippen LogP contribution in [0.4, 0.5) is 0 Å². The van der Waals surface area contributed by atoms with Crippen molar-refractivity contribution in [3.05, 3.63) is 96.4 Å². The van der Waals surface area contributed by atoms with Crippen molar-refractivity contribution in [3.8, 4) is 28.1 Å². The molecule has 0 aliphatic carbocycles. The molecule has 3 heteroatoms. The van der Waals surface area contributed by atoms with Crippen LogP contribution in [0, 0.1) is 0 Å². The van der Waals surface area contributed by atoms with E-state index in [1.807, 2.05) is 30.6 Å². The number of ether oxygens (including phenoxy) is 1. The molecule has 1 aromatic heterocycles. The van der Waals surface area contributed by atoms with E-state index in [4.69, 9.17) is 9.72 Å². The van der Waals surface area contributed by atoms with E-state index in [1.165, 1.54) is 22.4 Å². The van der Waals surface area contributed by atoms with E-state index >= 15 is 0 Å². The Bertz CT molecular complexity index is 1080. The zero-order valence-electron chi connectivity index (χ0n) is 17.7. The summed E-state index contributed by atoms with van der Waals surface area (Å²) in [5.41, 5.74) is 7.12. The van der Waals surface area contributed by atoms with Crippen LogP contribution < -0.4 is 4.74 Å². The normalized spacial score (nSPS) is 10.9. The van der Waals surface area contributed by atoms with E-state index in [-0.39, 0.29) is 0 Å². The molecule has 0 radical (unpaired) electrons. The molecule has 4 rings (SSSR count). The standard InChI is InChI=1S/C27H28N2O/c1-3-4-13-25-27(24-12-8-9-14-26(24)30-2)28-20-29(25)19-21-15-17-23(18-16-21)22-10-6-5-7-11-22/h5-12,14-18,20H,3-4,13,19H2,1-2H3. The number of imidazole rings is 1. The molecule has 0 bridgehead atoms. The molecule has 0 unspecified atom stereocenters. The van der Waals surface area contributed by atoms with Gasteiger partial charge < -0.3 is 9.30 Å². The molecule has 0 atom stereocenters. The third kappa shape index (κ3) is 4.30. The second kappa shape index (κ2) is 9.45. The highest BCUT2D eigenvalue weighted by atomic mass is 16.5. The molecule has 1 heterocycles. The monoisotopic (exact) mass is 396 g/mol. The Kier molecular flexibility index (Phi) is 6.29. The summed E-state index contributed by atoms with van der Waals surface area (Å²) in [6.07, 6.45) is 5.27. The van der Waals surface area contributed by atoms with E-state index < -0.39 is 0 Å². The van der Waals surface area contributed by atoms with Crippen LogP contribution in [0.25, 0.3) is 22.4 Å². The lowest BCUT2D eigenvalue weighted by Crippen LogP contribution is -2.04. The molecule has 152 valence electrons. The fourth-order valence-corrected chi connectivity index (χ4v) is 3.85. The predicted octanol–water partition coefficient (Wildman–Crippen LogP) is 6.62. The van der Waals surface area contributed by atoms with E-state index in [2.05, 4.69) is 66.1 Å². The van der Waals surface area contributed by atoms with Crippen LogP contribution in [0.1, 0.15) is 31.0 Å². The maximum absolute atomic E-state index is 5.59. The number of hydrogen-bond donors (Lipinski definition) is 0. The van der Waals surface area contributed by atoms with Gasteiger partial charge in [-0.15, -0.1) is 0 Å². The average molecular weight is 397 g/mol. The number of benzene rings is 3. The Morgan fingerprint density at radius 1 is 0.833 bits per heavy atom. The molecule has 0 saturated heterocycles. The third-order valence-corrected chi connectivity index (χ3v) is 5.49. The van der Waals surface area contributed by atoms with Gasteiger partial charge >= 0.3 is 0 Å². The number of rotatable bonds is 8. The highest BCUT2D eigenvalue weighted by molar-refractivity contribution is 5.69. The largest absolute Gasteiger partial charge is 0.496 e. The summed E-state index contributed by atoms with van der Waals surface area (Å²) < 4.78 is 7.88. The molecule has 0 fully saturated rings. The van der Waals surface area contributed by atoms with Crippen LogP contribution in [0.2, 0.25) is 0 Å². The fourth-order valence-electron chi connectivity index (χ4n) is 3.85. The van der Waals surface area contributed by atoms with Crippen LogP contribution in [0.15, 0.2) is 85.2 Å². The molecule has 30 heavy (non-hydrogen) atoms. The maximum Gasteiger partial charge on any atom is 0.128 e. The van der Waals surface area contributed by atoms with Gasteiger partial charge in [-0.2, -0.15) is 0 Å². The first-order valence-corrected chi connectivity index (χ1v) is 10.6. The van der Waals surface area contributed by atoms with E-state index in [0.29, 0.717) is 0 Å². The summed E-state index contributed by atoms with van der Waals surface area (Å²) in [5.74, 6) is 0.868. The van der Waals surface area contributed by atoms with Gasteiger partial charge in [0.1, 0.15) is 5.75 Å². The second-order valence-corrected chi connectivity index (χ2v) is 7.53. The topological polar surface area (TPSA) is 27.1 Å². The molecule has 0 aliphatic heterocycles. The van der Waals surface area contributed by atoms with Crippen LogP contribution in [0.3, 0.4) is 0 Å². The van der Waals surface area contributed by atoms with Crippen molar-refractivity contribution in [1.82, 2.24) is 9.55 Å². The first kappa shape index (κ1) is 20.0. The lowest BCUT2D eigenvalue weighted by Gasteiger charge is -2.12. The fraction of sp³-hybridized carbons (Fsp3) is 0.222. The van der Waals surface area contributed by atoms with Crippen molar-refractivity contribution in [3.63, 3.8) is 0 Å². The van der Waals surface area contributed by atoms with Crippen molar-refractivity contribution < 1.29 is 4.74 Å². The van der Waals surface area contributed by atoms with E-state index in [0.717, 1.165) is 42.8 Å². The number of nitrogens with zero attached hydrogens (tertiary/aromatic N) is 2. The smallest absolute Gasteiger partial charge is 0.128 e. The van der Waals surface area contributed by atoms with Gasteiger partial charge in [-0.1, -0.05) is 80.1 Å². The Hall–Kier alpha value is -3.33. The van der Waals surface area contributed by atoms with Gasteiger partial charge in [0.25, 0.3) is 0 Å². The quantitative estimate of drug-likeness (QED) is 0.335. The minimum absolute atomic E-state index is 0.816. The molecule has 0 N–H and O–H groups in total. The highest BCUT2D eigenvalue weighted by Gasteiger charge is 2.16. The average Bonchev–Trinajstić information content (AvgIpc) is 3.20. The van der Waals surface area contributed by atoms with Crippen molar-refractivity contribution in [1.29, 1.82) is 0 Å². The predicted molar refractivity (Wildman–Crippen MR) is 124 cm³/mol. The number of hydrogen-bond acceptors (Lipinski definition) is 2. The number of para-hydroxylation sites is 1. The number of methoxy groups -OCH3 is 1. The Morgan fingerprint density at radius 3 is 2.27 bits per heavy atom. The minimum Gasteiger partial charge on any atom is -0.496 e. The van der Waals surface area contributed by atoms with Gasteiger partial charge in [-0.05, 0) is 41.7 Å². The molecule has 0 amide bonds. The Balaban J connectivity index is 1.63. The summed E-state index contributed by atoms with van der Waals surface area (Å²) >= 11 is 0. The molecule has 4 aromatic rings. The van der Waals surface area contributed by atoms with Crippen molar-refractivity contribution in [2.45, 2.75) is 32.7 Å². The molecule has 3 aromatic carbocycles. The summed E-state index contributed by atoms with van der Waals surface area (Å²) in [6.45, 7) is 3.04. The SMILES string of the molecule is CCCCc1c(-c2ccccc2OC)ncn1Cc1ccc(-c2ccccc2)cc1. The Morgan fingerprint density at radius 2 is 1.53 bits per heavy atom. The van der Waals surface area contributed by atoms with Crippen LogP contribution in [0.5, 0.6) is 5.75 Å². The minimum atomic E-state index is 0.816. The zero-order chi connectivity index (χ0) is 20.8. The first-order valence-electron chi connectivity index (χ1n) is 10.6.